The monoisotopic (exact) mass is 401 g/mol. The number of nitrogens with zero attached hydrogens (tertiary/aromatic N) is 2. The van der Waals surface area contributed by atoms with Crippen molar-refractivity contribution in [1.82, 2.24) is 5.32 Å². The highest BCUT2D eigenvalue weighted by atomic mass is 16.6. The van der Waals surface area contributed by atoms with Gasteiger partial charge in [-0.15, -0.1) is 0 Å². The van der Waals surface area contributed by atoms with Gasteiger partial charge in [0.05, 0.1) is 43.6 Å². The van der Waals surface area contributed by atoms with Gasteiger partial charge in [0.2, 0.25) is 0 Å². The Labute approximate surface area is 168 Å². The summed E-state index contributed by atoms with van der Waals surface area (Å²) >= 11 is 0. The third-order valence-corrected chi connectivity index (χ3v) is 4.65. The van der Waals surface area contributed by atoms with Gasteiger partial charge >= 0.3 is 0 Å². The number of nitrogens with one attached hydrogen (secondary N) is 1. The summed E-state index contributed by atoms with van der Waals surface area (Å²) in [5.74, 6) is 0.827. The van der Waals surface area contributed by atoms with Crippen molar-refractivity contribution in [2.45, 2.75) is 6.54 Å². The van der Waals surface area contributed by atoms with Crippen LogP contribution < -0.4 is 19.7 Å². The predicted octanol–water partition coefficient (Wildman–Crippen LogP) is 2.38. The predicted molar refractivity (Wildman–Crippen MR) is 107 cm³/mol. The van der Waals surface area contributed by atoms with E-state index in [1.165, 1.54) is 12.1 Å². The first kappa shape index (κ1) is 20.4. The van der Waals surface area contributed by atoms with Crippen LogP contribution in [0.25, 0.3) is 0 Å². The van der Waals surface area contributed by atoms with Gasteiger partial charge in [0.1, 0.15) is 11.5 Å². The number of methoxy groups -OCH3 is 2. The molecule has 1 amide bonds. The molecule has 1 aliphatic heterocycles. The van der Waals surface area contributed by atoms with Crippen LogP contribution in [-0.2, 0) is 11.3 Å². The topological polar surface area (TPSA) is 103 Å². The van der Waals surface area contributed by atoms with E-state index in [1.54, 1.807) is 38.5 Å². The van der Waals surface area contributed by atoms with Crippen molar-refractivity contribution in [2.24, 2.45) is 0 Å². The Morgan fingerprint density at radius 1 is 1.14 bits per heavy atom. The minimum atomic E-state index is -0.507. The summed E-state index contributed by atoms with van der Waals surface area (Å²) in [4.78, 5) is 25.6. The highest BCUT2D eigenvalue weighted by Crippen LogP contribution is 2.27. The number of benzene rings is 2. The van der Waals surface area contributed by atoms with E-state index in [4.69, 9.17) is 14.2 Å². The molecule has 2 aromatic carbocycles. The number of anilines is 1. The van der Waals surface area contributed by atoms with Gasteiger partial charge in [-0.25, -0.2) is 0 Å². The molecule has 29 heavy (non-hydrogen) atoms. The number of non-ortho nitro benzene ring substituents is 1. The SMILES string of the molecule is COc1cc(CNC(=O)c2cc([N+](=O)[O-])ccc2N2CCOCC2)cc(OC)c1. The largest absolute Gasteiger partial charge is 0.497 e. The number of amides is 1. The van der Waals surface area contributed by atoms with Crippen LogP contribution in [-0.4, -0.2) is 51.4 Å². The third-order valence-electron chi connectivity index (χ3n) is 4.65. The van der Waals surface area contributed by atoms with E-state index >= 15 is 0 Å². The quantitative estimate of drug-likeness (QED) is 0.561. The molecule has 0 aliphatic carbocycles. The zero-order valence-electron chi connectivity index (χ0n) is 16.3. The number of morpholine rings is 1. The molecule has 2 aromatic rings. The maximum absolute atomic E-state index is 12.9. The molecule has 0 spiro atoms. The third kappa shape index (κ3) is 4.94. The normalized spacial score (nSPS) is 13.7. The van der Waals surface area contributed by atoms with Gasteiger partial charge in [0, 0.05) is 37.8 Å². The van der Waals surface area contributed by atoms with Crippen LogP contribution in [0.15, 0.2) is 36.4 Å². The van der Waals surface area contributed by atoms with Crippen LogP contribution in [0.4, 0.5) is 11.4 Å². The van der Waals surface area contributed by atoms with E-state index < -0.39 is 10.8 Å². The molecule has 0 aromatic heterocycles. The summed E-state index contributed by atoms with van der Waals surface area (Å²) in [6, 6.07) is 9.66. The standard InChI is InChI=1S/C20H23N3O6/c1-27-16-9-14(10-17(12-16)28-2)13-21-20(24)18-11-15(23(25)26)3-4-19(18)22-5-7-29-8-6-22/h3-4,9-12H,5-8,13H2,1-2H3,(H,21,24). The Hall–Kier alpha value is -3.33. The highest BCUT2D eigenvalue weighted by molar-refractivity contribution is 6.00. The minimum absolute atomic E-state index is 0.129. The summed E-state index contributed by atoms with van der Waals surface area (Å²) in [7, 11) is 3.10. The summed E-state index contributed by atoms with van der Waals surface area (Å²) in [6.07, 6.45) is 0. The van der Waals surface area contributed by atoms with Crippen molar-refractivity contribution >= 4 is 17.3 Å². The first-order valence-corrected chi connectivity index (χ1v) is 9.13. The van der Waals surface area contributed by atoms with Crippen LogP contribution in [0.1, 0.15) is 15.9 Å². The van der Waals surface area contributed by atoms with Crippen LogP contribution in [0, 0.1) is 10.1 Å². The number of nitro groups is 1. The van der Waals surface area contributed by atoms with Crippen molar-refractivity contribution in [2.75, 3.05) is 45.4 Å². The first-order valence-electron chi connectivity index (χ1n) is 9.13. The number of rotatable bonds is 7. The number of hydrogen-bond acceptors (Lipinski definition) is 7. The number of carbonyl (C=O) groups excluding carboxylic acids is 1. The van der Waals surface area contributed by atoms with E-state index in [9.17, 15) is 14.9 Å². The summed E-state index contributed by atoms with van der Waals surface area (Å²) < 4.78 is 15.8. The number of carbonyl (C=O) groups is 1. The van der Waals surface area contributed by atoms with Gasteiger partial charge in [0.25, 0.3) is 11.6 Å². The molecule has 0 bridgehead atoms. The zero-order chi connectivity index (χ0) is 20.8. The van der Waals surface area contributed by atoms with Crippen molar-refractivity contribution in [3.05, 3.63) is 57.6 Å². The van der Waals surface area contributed by atoms with E-state index in [-0.39, 0.29) is 17.8 Å². The molecule has 1 saturated heterocycles. The van der Waals surface area contributed by atoms with Crippen molar-refractivity contribution < 1.29 is 23.9 Å². The van der Waals surface area contributed by atoms with Crippen LogP contribution in [0.5, 0.6) is 11.5 Å². The molecule has 1 fully saturated rings. The Morgan fingerprint density at radius 3 is 2.38 bits per heavy atom. The number of nitro benzene ring substituents is 1. The van der Waals surface area contributed by atoms with E-state index in [2.05, 4.69) is 5.32 Å². The molecule has 9 nitrogen and oxygen atoms in total. The smallest absolute Gasteiger partial charge is 0.270 e. The second-order valence-electron chi connectivity index (χ2n) is 6.46. The average molecular weight is 401 g/mol. The van der Waals surface area contributed by atoms with Crippen molar-refractivity contribution in [3.8, 4) is 11.5 Å². The average Bonchev–Trinajstić information content (AvgIpc) is 2.77. The van der Waals surface area contributed by atoms with E-state index in [0.717, 1.165) is 5.56 Å². The lowest BCUT2D eigenvalue weighted by molar-refractivity contribution is -0.384. The Balaban J connectivity index is 1.83. The molecule has 0 saturated carbocycles. The van der Waals surface area contributed by atoms with Gasteiger partial charge in [-0.1, -0.05) is 0 Å². The van der Waals surface area contributed by atoms with Crippen LogP contribution in [0.2, 0.25) is 0 Å². The maximum Gasteiger partial charge on any atom is 0.270 e. The molecule has 9 heteroatoms. The molecule has 1 aliphatic rings. The van der Waals surface area contributed by atoms with Gasteiger partial charge in [0.15, 0.2) is 0 Å². The second-order valence-corrected chi connectivity index (χ2v) is 6.46. The fraction of sp³-hybridized carbons (Fsp3) is 0.350. The molecule has 0 unspecified atom stereocenters. The summed E-state index contributed by atoms with van der Waals surface area (Å²) in [5, 5.41) is 14.0. The van der Waals surface area contributed by atoms with Gasteiger partial charge in [-0.3, -0.25) is 14.9 Å². The lowest BCUT2D eigenvalue weighted by Gasteiger charge is -2.30. The summed E-state index contributed by atoms with van der Waals surface area (Å²) in [6.45, 7) is 2.54. The zero-order valence-corrected chi connectivity index (χ0v) is 16.3. The number of hydrogen-bond donors (Lipinski definition) is 1. The second kappa shape index (κ2) is 9.24. The molecule has 0 radical (unpaired) electrons. The molecule has 1 heterocycles. The Morgan fingerprint density at radius 2 is 1.79 bits per heavy atom. The van der Waals surface area contributed by atoms with Crippen LogP contribution in [0.3, 0.4) is 0 Å². The molecular weight excluding hydrogens is 378 g/mol. The van der Waals surface area contributed by atoms with Gasteiger partial charge < -0.3 is 24.4 Å². The summed E-state index contributed by atoms with van der Waals surface area (Å²) in [5.41, 5.74) is 1.57. The Bertz CT molecular complexity index is 874. The molecule has 0 atom stereocenters. The minimum Gasteiger partial charge on any atom is -0.497 e. The fourth-order valence-corrected chi connectivity index (χ4v) is 3.15. The van der Waals surface area contributed by atoms with Gasteiger partial charge in [-0.05, 0) is 23.8 Å². The van der Waals surface area contributed by atoms with Gasteiger partial charge in [-0.2, -0.15) is 0 Å². The molecular formula is C20H23N3O6. The molecule has 154 valence electrons. The van der Waals surface area contributed by atoms with Crippen LogP contribution >= 0.6 is 0 Å². The lowest BCUT2D eigenvalue weighted by atomic mass is 10.1. The van der Waals surface area contributed by atoms with Crippen molar-refractivity contribution in [1.29, 1.82) is 0 Å². The Kier molecular flexibility index (Phi) is 6.50. The maximum atomic E-state index is 12.9. The van der Waals surface area contributed by atoms with E-state index in [0.29, 0.717) is 43.5 Å². The first-order chi connectivity index (χ1) is 14.0. The molecule has 1 N–H and O–H groups in total. The fourth-order valence-electron chi connectivity index (χ4n) is 3.15. The number of ether oxygens (including phenoxy) is 3. The molecule has 3 rings (SSSR count). The lowest BCUT2D eigenvalue weighted by Crippen LogP contribution is -2.38. The van der Waals surface area contributed by atoms with Crippen molar-refractivity contribution in [3.63, 3.8) is 0 Å². The highest BCUT2D eigenvalue weighted by Gasteiger charge is 2.22. The van der Waals surface area contributed by atoms with E-state index in [1.807, 2.05) is 4.90 Å².